The average Bonchev–Trinajstić information content (AvgIpc) is 2.91. The van der Waals surface area contributed by atoms with Gasteiger partial charge in [0.15, 0.2) is 0 Å². The SMILES string of the molecule is C[C@@H](NC(=O)NCCC[C@@H]1CCCCO1)c1cnn(C)c1. The maximum atomic E-state index is 11.8. The second kappa shape index (κ2) is 8.02. The van der Waals surface area contributed by atoms with Crippen LogP contribution >= 0.6 is 0 Å². The smallest absolute Gasteiger partial charge is 0.315 e. The molecule has 1 fully saturated rings. The van der Waals surface area contributed by atoms with Crippen molar-refractivity contribution in [2.24, 2.45) is 7.05 Å². The molecule has 1 aromatic rings. The second-order valence-electron chi connectivity index (χ2n) is 5.70. The Hall–Kier alpha value is -1.56. The summed E-state index contributed by atoms with van der Waals surface area (Å²) in [7, 11) is 1.86. The van der Waals surface area contributed by atoms with Crippen LogP contribution in [0.25, 0.3) is 0 Å². The van der Waals surface area contributed by atoms with Gasteiger partial charge in [0.25, 0.3) is 0 Å². The molecule has 0 saturated carbocycles. The van der Waals surface area contributed by atoms with E-state index in [9.17, 15) is 4.79 Å². The zero-order chi connectivity index (χ0) is 15.1. The third kappa shape index (κ3) is 5.38. The molecule has 1 saturated heterocycles. The van der Waals surface area contributed by atoms with Gasteiger partial charge in [-0.2, -0.15) is 5.10 Å². The zero-order valence-corrected chi connectivity index (χ0v) is 13.0. The third-order valence-electron chi connectivity index (χ3n) is 3.83. The van der Waals surface area contributed by atoms with Crippen molar-refractivity contribution in [1.82, 2.24) is 20.4 Å². The van der Waals surface area contributed by atoms with Crippen LogP contribution in [0.3, 0.4) is 0 Å². The molecule has 6 heteroatoms. The fourth-order valence-corrected chi connectivity index (χ4v) is 2.56. The first-order valence-electron chi connectivity index (χ1n) is 7.79. The van der Waals surface area contributed by atoms with Gasteiger partial charge in [0.05, 0.1) is 18.3 Å². The van der Waals surface area contributed by atoms with Gasteiger partial charge in [-0.3, -0.25) is 4.68 Å². The molecule has 1 aliphatic rings. The molecule has 0 aromatic carbocycles. The van der Waals surface area contributed by atoms with Crippen molar-refractivity contribution in [3.05, 3.63) is 18.0 Å². The fraction of sp³-hybridized carbons (Fsp3) is 0.733. The molecule has 0 unspecified atom stereocenters. The summed E-state index contributed by atoms with van der Waals surface area (Å²) in [6, 6.07) is -0.170. The number of rotatable bonds is 6. The van der Waals surface area contributed by atoms with E-state index in [0.29, 0.717) is 12.6 Å². The predicted molar refractivity (Wildman–Crippen MR) is 81.0 cm³/mol. The van der Waals surface area contributed by atoms with Crippen LogP contribution in [0.15, 0.2) is 12.4 Å². The standard InChI is InChI=1S/C15H26N4O2/c1-12(13-10-17-19(2)11-13)18-15(20)16-8-5-7-14-6-3-4-9-21-14/h10-12,14H,3-9H2,1-2H3,(H2,16,18,20)/t12-,14+/m1/s1. The molecule has 2 atom stereocenters. The van der Waals surface area contributed by atoms with E-state index in [-0.39, 0.29) is 12.1 Å². The minimum atomic E-state index is -0.129. The Balaban J connectivity index is 1.58. The topological polar surface area (TPSA) is 68.2 Å². The average molecular weight is 294 g/mol. The Morgan fingerprint density at radius 3 is 3.10 bits per heavy atom. The quantitative estimate of drug-likeness (QED) is 0.790. The summed E-state index contributed by atoms with van der Waals surface area (Å²) in [5.41, 5.74) is 1.00. The molecular weight excluding hydrogens is 268 g/mol. The minimum Gasteiger partial charge on any atom is -0.378 e. The Morgan fingerprint density at radius 1 is 1.57 bits per heavy atom. The molecule has 2 rings (SSSR count). The molecular formula is C15H26N4O2. The van der Waals surface area contributed by atoms with Gasteiger partial charge in [-0.15, -0.1) is 0 Å². The number of amides is 2. The predicted octanol–water partition coefficient (Wildman–Crippen LogP) is 2.13. The van der Waals surface area contributed by atoms with Gasteiger partial charge < -0.3 is 15.4 Å². The number of nitrogens with zero attached hydrogens (tertiary/aromatic N) is 2. The van der Waals surface area contributed by atoms with Gasteiger partial charge in [-0.25, -0.2) is 4.79 Å². The summed E-state index contributed by atoms with van der Waals surface area (Å²) in [5, 5.41) is 9.91. The van der Waals surface area contributed by atoms with E-state index < -0.39 is 0 Å². The van der Waals surface area contributed by atoms with Crippen molar-refractivity contribution in [2.45, 2.75) is 51.2 Å². The van der Waals surface area contributed by atoms with Crippen LogP contribution in [-0.2, 0) is 11.8 Å². The largest absolute Gasteiger partial charge is 0.378 e. The minimum absolute atomic E-state index is 0.0413. The van der Waals surface area contributed by atoms with Crippen LogP contribution in [-0.4, -0.2) is 35.1 Å². The second-order valence-corrected chi connectivity index (χ2v) is 5.70. The number of carbonyl (C=O) groups excluding carboxylic acids is 1. The van der Waals surface area contributed by atoms with Gasteiger partial charge in [0.2, 0.25) is 0 Å². The number of ether oxygens (including phenoxy) is 1. The van der Waals surface area contributed by atoms with E-state index >= 15 is 0 Å². The molecule has 0 bridgehead atoms. The Labute approximate surface area is 126 Å². The van der Waals surface area contributed by atoms with Crippen LogP contribution in [0.1, 0.15) is 50.6 Å². The summed E-state index contributed by atoms with van der Waals surface area (Å²) in [6.07, 6.45) is 9.65. The molecule has 0 spiro atoms. The van der Waals surface area contributed by atoms with Crippen LogP contribution < -0.4 is 10.6 Å². The van der Waals surface area contributed by atoms with Crippen molar-refractivity contribution >= 4 is 6.03 Å². The molecule has 1 aliphatic heterocycles. The number of carbonyl (C=O) groups is 1. The summed E-state index contributed by atoms with van der Waals surface area (Å²) in [4.78, 5) is 11.8. The van der Waals surface area contributed by atoms with E-state index in [2.05, 4.69) is 15.7 Å². The molecule has 2 N–H and O–H groups in total. The van der Waals surface area contributed by atoms with Crippen molar-refractivity contribution in [3.8, 4) is 0 Å². The number of urea groups is 1. The molecule has 2 heterocycles. The Morgan fingerprint density at radius 2 is 2.43 bits per heavy atom. The van der Waals surface area contributed by atoms with Crippen molar-refractivity contribution < 1.29 is 9.53 Å². The lowest BCUT2D eigenvalue weighted by atomic mass is 10.0. The van der Waals surface area contributed by atoms with Crippen LogP contribution in [0.5, 0.6) is 0 Å². The summed E-state index contributed by atoms with van der Waals surface area (Å²) in [6.45, 7) is 3.53. The zero-order valence-electron chi connectivity index (χ0n) is 13.0. The first kappa shape index (κ1) is 15.8. The van der Waals surface area contributed by atoms with Crippen molar-refractivity contribution in [2.75, 3.05) is 13.2 Å². The maximum Gasteiger partial charge on any atom is 0.315 e. The highest BCUT2D eigenvalue weighted by atomic mass is 16.5. The Kier molecular flexibility index (Phi) is 6.04. The van der Waals surface area contributed by atoms with E-state index in [1.54, 1.807) is 10.9 Å². The van der Waals surface area contributed by atoms with Gasteiger partial charge in [-0.05, 0) is 39.0 Å². The highest BCUT2D eigenvalue weighted by molar-refractivity contribution is 5.74. The van der Waals surface area contributed by atoms with Crippen LogP contribution in [0.4, 0.5) is 4.79 Å². The van der Waals surface area contributed by atoms with Crippen LogP contribution in [0.2, 0.25) is 0 Å². The highest BCUT2D eigenvalue weighted by Gasteiger charge is 2.14. The lowest BCUT2D eigenvalue weighted by Crippen LogP contribution is -2.37. The van der Waals surface area contributed by atoms with Gasteiger partial charge in [-0.1, -0.05) is 0 Å². The third-order valence-corrected chi connectivity index (χ3v) is 3.83. The highest BCUT2D eigenvalue weighted by Crippen LogP contribution is 2.16. The van der Waals surface area contributed by atoms with E-state index in [1.807, 2.05) is 20.2 Å². The maximum absolute atomic E-state index is 11.8. The van der Waals surface area contributed by atoms with Crippen molar-refractivity contribution in [3.63, 3.8) is 0 Å². The lowest BCUT2D eigenvalue weighted by molar-refractivity contribution is 0.0103. The first-order valence-corrected chi connectivity index (χ1v) is 7.79. The normalized spacial score (nSPS) is 20.0. The van der Waals surface area contributed by atoms with Crippen molar-refractivity contribution in [1.29, 1.82) is 0 Å². The van der Waals surface area contributed by atoms with Gasteiger partial charge in [0, 0.05) is 32.0 Å². The van der Waals surface area contributed by atoms with E-state index in [0.717, 1.165) is 31.4 Å². The molecule has 0 radical (unpaired) electrons. The van der Waals surface area contributed by atoms with Gasteiger partial charge in [0.1, 0.15) is 0 Å². The summed E-state index contributed by atoms with van der Waals surface area (Å²) in [5.74, 6) is 0. The molecule has 21 heavy (non-hydrogen) atoms. The number of aromatic nitrogens is 2. The molecule has 118 valence electrons. The van der Waals surface area contributed by atoms with Crippen LogP contribution in [0, 0.1) is 0 Å². The van der Waals surface area contributed by atoms with Gasteiger partial charge >= 0.3 is 6.03 Å². The monoisotopic (exact) mass is 294 g/mol. The molecule has 2 amide bonds. The number of hydrogen-bond acceptors (Lipinski definition) is 3. The number of nitrogens with one attached hydrogen (secondary N) is 2. The van der Waals surface area contributed by atoms with E-state index in [1.165, 1.54) is 12.8 Å². The molecule has 0 aliphatic carbocycles. The fourth-order valence-electron chi connectivity index (χ4n) is 2.56. The summed E-state index contributed by atoms with van der Waals surface area (Å²) < 4.78 is 7.40. The van der Waals surface area contributed by atoms with E-state index in [4.69, 9.17) is 4.74 Å². The Bertz CT molecular complexity index is 441. The number of aryl methyl sites for hydroxylation is 1. The molecule has 1 aromatic heterocycles. The molecule has 6 nitrogen and oxygen atoms in total. The summed E-state index contributed by atoms with van der Waals surface area (Å²) >= 11 is 0. The lowest BCUT2D eigenvalue weighted by Gasteiger charge is -2.22. The first-order chi connectivity index (χ1) is 10.1. The number of hydrogen-bond donors (Lipinski definition) is 2.